The van der Waals surface area contributed by atoms with Crippen LogP contribution in [0.4, 0.5) is 11.4 Å². The fourth-order valence-electron chi connectivity index (χ4n) is 1.54. The first-order chi connectivity index (χ1) is 8.52. The van der Waals surface area contributed by atoms with Crippen LogP contribution in [0, 0.1) is 0 Å². The van der Waals surface area contributed by atoms with Crippen molar-refractivity contribution in [2.24, 2.45) is 0 Å². The summed E-state index contributed by atoms with van der Waals surface area (Å²) in [4.78, 5) is 2.00. The number of aliphatic hydroxyl groups is 1. The Hall–Kier alpha value is -0.790. The van der Waals surface area contributed by atoms with Crippen LogP contribution in [0.1, 0.15) is 6.92 Å². The van der Waals surface area contributed by atoms with Crippen LogP contribution in [0.5, 0.6) is 0 Å². The second-order valence-corrected chi connectivity index (χ2v) is 6.70. The minimum Gasteiger partial charge on any atom is -0.395 e. The average Bonchev–Trinajstić information content (AvgIpc) is 2.37. The molecule has 0 bridgehead atoms. The number of hydrogen-bond acceptors (Lipinski definition) is 4. The summed E-state index contributed by atoms with van der Waals surface area (Å²) >= 11 is 2.91. The number of aliphatic hydroxyl groups excluding tert-OH is 1. The number of rotatable bonds is 7. The Kier molecular flexibility index (Phi) is 5.90. The number of alkyl halides is 1. The summed E-state index contributed by atoms with van der Waals surface area (Å²) in [6.07, 6.45) is 0. The van der Waals surface area contributed by atoms with Gasteiger partial charge in [-0.1, -0.05) is 15.9 Å². The molecule has 0 spiro atoms. The fraction of sp³-hybridized carbons (Fsp3) is 0.455. The molecule has 0 aliphatic heterocycles. The first-order valence-electron chi connectivity index (χ1n) is 5.54. The van der Waals surface area contributed by atoms with E-state index in [4.69, 9.17) is 5.11 Å². The van der Waals surface area contributed by atoms with Crippen molar-refractivity contribution in [3.05, 3.63) is 24.3 Å². The number of benzene rings is 1. The molecule has 0 heterocycles. The standard InChI is InChI=1S/C11H17BrN2O3S/c1-2-14(7-8-15)11-5-3-10(4-6-11)13-18(16,17)9-12/h3-6,13,15H,2,7-9H2,1H3. The summed E-state index contributed by atoms with van der Waals surface area (Å²) in [5.74, 6) is 0. The van der Waals surface area contributed by atoms with E-state index in [0.717, 1.165) is 12.2 Å². The topological polar surface area (TPSA) is 69.6 Å². The highest BCUT2D eigenvalue weighted by molar-refractivity contribution is 9.10. The van der Waals surface area contributed by atoms with Crippen LogP contribution in [-0.2, 0) is 10.0 Å². The van der Waals surface area contributed by atoms with Gasteiger partial charge in [0.2, 0.25) is 10.0 Å². The lowest BCUT2D eigenvalue weighted by Gasteiger charge is -2.22. The number of nitrogens with zero attached hydrogens (tertiary/aromatic N) is 1. The highest BCUT2D eigenvalue weighted by Gasteiger charge is 2.08. The fourth-order valence-corrected chi connectivity index (χ4v) is 2.43. The maximum atomic E-state index is 11.3. The first-order valence-corrected chi connectivity index (χ1v) is 8.32. The highest BCUT2D eigenvalue weighted by Crippen LogP contribution is 2.18. The molecule has 102 valence electrons. The van der Waals surface area contributed by atoms with E-state index >= 15 is 0 Å². The summed E-state index contributed by atoms with van der Waals surface area (Å²) in [6, 6.07) is 7.06. The van der Waals surface area contributed by atoms with E-state index in [1.807, 2.05) is 24.0 Å². The van der Waals surface area contributed by atoms with Gasteiger partial charge in [0.05, 0.1) is 6.61 Å². The zero-order valence-electron chi connectivity index (χ0n) is 10.1. The predicted octanol–water partition coefficient (Wildman–Crippen LogP) is 1.60. The molecule has 0 fully saturated rings. The van der Waals surface area contributed by atoms with Crippen molar-refractivity contribution in [3.63, 3.8) is 0 Å². The predicted molar refractivity (Wildman–Crippen MR) is 77.8 cm³/mol. The molecule has 0 saturated carbocycles. The molecule has 0 saturated heterocycles. The van der Waals surface area contributed by atoms with Crippen LogP contribution in [-0.4, -0.2) is 37.9 Å². The second-order valence-electron chi connectivity index (χ2n) is 3.68. The van der Waals surface area contributed by atoms with Crippen LogP contribution < -0.4 is 9.62 Å². The lowest BCUT2D eigenvalue weighted by Crippen LogP contribution is -2.26. The highest BCUT2D eigenvalue weighted by atomic mass is 79.9. The summed E-state index contributed by atoms with van der Waals surface area (Å²) in [6.45, 7) is 3.43. The molecule has 2 N–H and O–H groups in total. The summed E-state index contributed by atoms with van der Waals surface area (Å²) in [5.41, 5.74) is 1.48. The third kappa shape index (κ3) is 4.47. The number of likely N-dealkylation sites (N-methyl/N-ethyl adjacent to an activating group) is 1. The van der Waals surface area contributed by atoms with Crippen molar-refractivity contribution in [3.8, 4) is 0 Å². The van der Waals surface area contributed by atoms with Gasteiger partial charge in [-0.15, -0.1) is 0 Å². The van der Waals surface area contributed by atoms with E-state index < -0.39 is 10.0 Å². The van der Waals surface area contributed by atoms with Crippen molar-refractivity contribution < 1.29 is 13.5 Å². The third-order valence-corrected chi connectivity index (χ3v) is 5.04. The minimum absolute atomic E-state index is 0.0891. The summed E-state index contributed by atoms with van der Waals surface area (Å²) in [7, 11) is -3.31. The lowest BCUT2D eigenvalue weighted by atomic mass is 10.2. The van der Waals surface area contributed by atoms with Gasteiger partial charge in [0.1, 0.15) is 4.66 Å². The average molecular weight is 337 g/mol. The van der Waals surface area contributed by atoms with Crippen molar-refractivity contribution >= 4 is 37.3 Å². The molecule has 0 aromatic heterocycles. The quantitative estimate of drug-likeness (QED) is 0.742. The van der Waals surface area contributed by atoms with Gasteiger partial charge in [-0.25, -0.2) is 8.42 Å². The molecule has 0 unspecified atom stereocenters. The van der Waals surface area contributed by atoms with Crippen molar-refractivity contribution in [2.75, 3.05) is 34.0 Å². The number of hydrogen-bond donors (Lipinski definition) is 2. The van der Waals surface area contributed by atoms with Crippen molar-refractivity contribution in [1.29, 1.82) is 0 Å². The molecule has 5 nitrogen and oxygen atoms in total. The van der Waals surface area contributed by atoms with Crippen LogP contribution in [0.3, 0.4) is 0 Å². The smallest absolute Gasteiger partial charge is 0.242 e. The SMILES string of the molecule is CCN(CCO)c1ccc(NS(=O)(=O)CBr)cc1. The second kappa shape index (κ2) is 6.96. The van der Waals surface area contributed by atoms with Gasteiger partial charge in [-0.3, -0.25) is 4.72 Å². The Balaban J connectivity index is 2.79. The van der Waals surface area contributed by atoms with E-state index in [9.17, 15) is 8.42 Å². The van der Waals surface area contributed by atoms with E-state index in [2.05, 4.69) is 20.7 Å². The van der Waals surface area contributed by atoms with Gasteiger partial charge in [-0.05, 0) is 31.2 Å². The molecule has 7 heteroatoms. The Bertz CT molecular complexity index is 462. The van der Waals surface area contributed by atoms with Crippen LogP contribution in [0.15, 0.2) is 24.3 Å². The molecule has 1 aromatic rings. The molecule has 1 aromatic carbocycles. The molecule has 0 radical (unpaired) electrons. The summed E-state index contributed by atoms with van der Waals surface area (Å²) < 4.78 is 25.0. The van der Waals surface area contributed by atoms with Crippen LogP contribution >= 0.6 is 15.9 Å². The van der Waals surface area contributed by atoms with Gasteiger partial charge in [-0.2, -0.15) is 0 Å². The van der Waals surface area contributed by atoms with Gasteiger partial charge < -0.3 is 10.0 Å². The van der Waals surface area contributed by atoms with E-state index in [1.54, 1.807) is 12.1 Å². The molecule has 0 atom stereocenters. The van der Waals surface area contributed by atoms with Gasteiger partial charge >= 0.3 is 0 Å². The lowest BCUT2D eigenvalue weighted by molar-refractivity contribution is 0.302. The molecule has 18 heavy (non-hydrogen) atoms. The number of anilines is 2. The Morgan fingerprint density at radius 1 is 1.33 bits per heavy atom. The molecule has 0 amide bonds. The molecule has 1 rings (SSSR count). The molecular formula is C11H17BrN2O3S. The Morgan fingerprint density at radius 3 is 2.39 bits per heavy atom. The van der Waals surface area contributed by atoms with E-state index in [1.165, 1.54) is 0 Å². The van der Waals surface area contributed by atoms with Crippen LogP contribution in [0.25, 0.3) is 0 Å². The number of sulfonamides is 1. The van der Waals surface area contributed by atoms with Crippen molar-refractivity contribution in [2.45, 2.75) is 6.92 Å². The molecule has 0 aliphatic carbocycles. The largest absolute Gasteiger partial charge is 0.395 e. The molecular weight excluding hydrogens is 320 g/mol. The minimum atomic E-state index is -3.31. The Morgan fingerprint density at radius 2 is 1.94 bits per heavy atom. The van der Waals surface area contributed by atoms with Gasteiger partial charge in [0.25, 0.3) is 0 Å². The molecule has 0 aliphatic rings. The van der Waals surface area contributed by atoms with Crippen molar-refractivity contribution in [1.82, 2.24) is 0 Å². The van der Waals surface area contributed by atoms with Gasteiger partial charge in [0.15, 0.2) is 0 Å². The normalized spacial score (nSPS) is 11.3. The van der Waals surface area contributed by atoms with E-state index in [0.29, 0.717) is 12.2 Å². The van der Waals surface area contributed by atoms with Crippen LogP contribution in [0.2, 0.25) is 0 Å². The zero-order valence-corrected chi connectivity index (χ0v) is 12.5. The first kappa shape index (κ1) is 15.3. The maximum Gasteiger partial charge on any atom is 0.242 e. The number of nitrogens with one attached hydrogen (secondary N) is 1. The third-order valence-electron chi connectivity index (χ3n) is 2.40. The Labute approximate surface area is 116 Å². The summed E-state index contributed by atoms with van der Waals surface area (Å²) in [5, 5.41) is 8.93. The monoisotopic (exact) mass is 336 g/mol. The van der Waals surface area contributed by atoms with Gasteiger partial charge in [0, 0.05) is 24.5 Å². The van der Waals surface area contributed by atoms with E-state index in [-0.39, 0.29) is 11.3 Å². The zero-order chi connectivity index (χ0) is 13.6. The number of halogens is 1. The maximum absolute atomic E-state index is 11.3.